The molecule has 7 nitrogen and oxygen atoms in total. The van der Waals surface area contributed by atoms with Gasteiger partial charge in [-0.1, -0.05) is 26.0 Å². The molecule has 1 N–H and O–H groups in total. The summed E-state index contributed by atoms with van der Waals surface area (Å²) in [5.41, 5.74) is 2.31. The van der Waals surface area contributed by atoms with E-state index in [4.69, 9.17) is 4.98 Å². The van der Waals surface area contributed by atoms with Gasteiger partial charge in [0.25, 0.3) is 5.91 Å². The Kier molecular flexibility index (Phi) is 7.98. The Hall–Kier alpha value is -3.22. The van der Waals surface area contributed by atoms with E-state index in [-0.39, 0.29) is 30.4 Å². The summed E-state index contributed by atoms with van der Waals surface area (Å²) in [7, 11) is 0. The SMILES string of the molecule is CCC(C)N(C(=O)Cn1c(CCNC(=O)c2cccnc2)nc2ccccc21)C(C)CC. The van der Waals surface area contributed by atoms with Gasteiger partial charge in [0.05, 0.1) is 16.6 Å². The number of nitrogens with zero attached hydrogens (tertiary/aromatic N) is 4. The van der Waals surface area contributed by atoms with Gasteiger partial charge in [0.1, 0.15) is 12.4 Å². The summed E-state index contributed by atoms with van der Waals surface area (Å²) in [6, 6.07) is 11.7. The molecule has 2 atom stereocenters. The summed E-state index contributed by atoms with van der Waals surface area (Å²) in [6.45, 7) is 9.08. The number of para-hydroxylation sites is 2. The van der Waals surface area contributed by atoms with E-state index in [1.165, 1.54) is 0 Å². The van der Waals surface area contributed by atoms with Crippen molar-refractivity contribution < 1.29 is 9.59 Å². The Balaban J connectivity index is 1.79. The average molecular weight is 436 g/mol. The van der Waals surface area contributed by atoms with Crippen LogP contribution < -0.4 is 5.32 Å². The van der Waals surface area contributed by atoms with E-state index in [0.29, 0.717) is 18.5 Å². The zero-order chi connectivity index (χ0) is 23.1. The van der Waals surface area contributed by atoms with Crippen LogP contribution in [0.4, 0.5) is 0 Å². The highest BCUT2D eigenvalue weighted by Gasteiger charge is 2.25. The number of carbonyl (C=O) groups is 2. The third-order valence-electron chi connectivity index (χ3n) is 6.00. The number of hydrogen-bond acceptors (Lipinski definition) is 4. The van der Waals surface area contributed by atoms with Crippen molar-refractivity contribution in [1.82, 2.24) is 24.8 Å². The molecule has 2 aromatic heterocycles. The molecule has 0 radical (unpaired) electrons. The molecule has 0 fully saturated rings. The van der Waals surface area contributed by atoms with Crippen molar-refractivity contribution >= 4 is 22.8 Å². The van der Waals surface area contributed by atoms with Crippen LogP contribution in [0, 0.1) is 0 Å². The molecule has 3 rings (SSSR count). The molecule has 170 valence electrons. The van der Waals surface area contributed by atoms with E-state index in [0.717, 1.165) is 29.7 Å². The van der Waals surface area contributed by atoms with E-state index in [9.17, 15) is 9.59 Å². The summed E-state index contributed by atoms with van der Waals surface area (Å²) in [5, 5.41) is 2.92. The van der Waals surface area contributed by atoms with Crippen LogP contribution in [0.5, 0.6) is 0 Å². The fourth-order valence-electron chi connectivity index (χ4n) is 3.92. The van der Waals surface area contributed by atoms with Crippen molar-refractivity contribution in [1.29, 1.82) is 0 Å². The number of aromatic nitrogens is 3. The molecule has 2 unspecified atom stereocenters. The molecule has 0 saturated heterocycles. The van der Waals surface area contributed by atoms with E-state index in [1.807, 2.05) is 33.7 Å². The second-order valence-corrected chi connectivity index (χ2v) is 8.17. The number of pyridine rings is 1. The zero-order valence-corrected chi connectivity index (χ0v) is 19.4. The molecule has 0 bridgehead atoms. The van der Waals surface area contributed by atoms with E-state index in [1.54, 1.807) is 24.5 Å². The number of nitrogens with one attached hydrogen (secondary N) is 1. The quantitative estimate of drug-likeness (QED) is 0.525. The molecule has 3 aromatic rings. The van der Waals surface area contributed by atoms with Gasteiger partial charge in [0.15, 0.2) is 0 Å². The van der Waals surface area contributed by atoms with Crippen molar-refractivity contribution in [3.8, 4) is 0 Å². The average Bonchev–Trinajstić information content (AvgIpc) is 3.16. The van der Waals surface area contributed by atoms with Crippen LogP contribution in [0.3, 0.4) is 0 Å². The van der Waals surface area contributed by atoms with Gasteiger partial charge >= 0.3 is 0 Å². The van der Waals surface area contributed by atoms with Crippen LogP contribution >= 0.6 is 0 Å². The van der Waals surface area contributed by atoms with Gasteiger partial charge in [0.2, 0.25) is 5.91 Å². The van der Waals surface area contributed by atoms with Gasteiger partial charge in [-0.2, -0.15) is 0 Å². The van der Waals surface area contributed by atoms with Crippen LogP contribution in [0.25, 0.3) is 11.0 Å². The van der Waals surface area contributed by atoms with Gasteiger partial charge in [-0.3, -0.25) is 14.6 Å². The highest BCUT2D eigenvalue weighted by molar-refractivity contribution is 5.93. The number of carbonyl (C=O) groups excluding carboxylic acids is 2. The lowest BCUT2D eigenvalue weighted by atomic mass is 10.1. The van der Waals surface area contributed by atoms with Crippen LogP contribution in [0.1, 0.15) is 56.7 Å². The van der Waals surface area contributed by atoms with Crippen LogP contribution in [0.15, 0.2) is 48.8 Å². The highest BCUT2D eigenvalue weighted by Crippen LogP contribution is 2.19. The minimum absolute atomic E-state index is 0.0949. The number of amides is 2. The predicted octanol–water partition coefficient (Wildman–Crippen LogP) is 3.83. The third kappa shape index (κ3) is 5.33. The van der Waals surface area contributed by atoms with Gasteiger partial charge in [0, 0.05) is 37.4 Å². The maximum Gasteiger partial charge on any atom is 0.252 e. The summed E-state index contributed by atoms with van der Waals surface area (Å²) in [6.07, 6.45) is 5.53. The van der Waals surface area contributed by atoms with Crippen molar-refractivity contribution in [3.05, 3.63) is 60.2 Å². The Morgan fingerprint density at radius 1 is 1.06 bits per heavy atom. The maximum atomic E-state index is 13.4. The van der Waals surface area contributed by atoms with E-state index in [2.05, 4.69) is 38.0 Å². The largest absolute Gasteiger partial charge is 0.352 e. The number of rotatable bonds is 10. The molecular weight excluding hydrogens is 402 g/mol. The minimum atomic E-state index is -0.170. The Labute approximate surface area is 189 Å². The molecule has 1 aromatic carbocycles. The number of hydrogen-bond donors (Lipinski definition) is 1. The fourth-order valence-corrected chi connectivity index (χ4v) is 3.92. The van der Waals surface area contributed by atoms with Crippen molar-refractivity contribution in [3.63, 3.8) is 0 Å². The summed E-state index contributed by atoms with van der Waals surface area (Å²) in [4.78, 5) is 36.5. The second-order valence-electron chi connectivity index (χ2n) is 8.17. The van der Waals surface area contributed by atoms with Crippen LogP contribution in [-0.2, 0) is 17.8 Å². The van der Waals surface area contributed by atoms with E-state index >= 15 is 0 Å². The first-order chi connectivity index (χ1) is 15.5. The lowest BCUT2D eigenvalue weighted by molar-refractivity contribution is -0.136. The number of fused-ring (bicyclic) bond motifs is 1. The van der Waals surface area contributed by atoms with Crippen LogP contribution in [-0.4, -0.2) is 49.9 Å². The molecule has 0 spiro atoms. The lowest BCUT2D eigenvalue weighted by Crippen LogP contribution is -2.46. The summed E-state index contributed by atoms with van der Waals surface area (Å²) < 4.78 is 1.99. The fraction of sp³-hybridized carbons (Fsp3) is 0.440. The van der Waals surface area contributed by atoms with E-state index < -0.39 is 0 Å². The Bertz CT molecular complexity index is 1040. The molecule has 0 aliphatic carbocycles. The molecular formula is C25H33N5O2. The molecule has 0 aliphatic rings. The first kappa shape index (κ1) is 23.4. The van der Waals surface area contributed by atoms with Crippen molar-refractivity contribution in [2.45, 2.75) is 65.6 Å². The zero-order valence-electron chi connectivity index (χ0n) is 19.4. The number of benzene rings is 1. The highest BCUT2D eigenvalue weighted by atomic mass is 16.2. The van der Waals surface area contributed by atoms with Gasteiger partial charge in [-0.05, 0) is 51.0 Å². The Morgan fingerprint density at radius 3 is 2.44 bits per heavy atom. The van der Waals surface area contributed by atoms with Gasteiger partial charge < -0.3 is 14.8 Å². The number of imidazole rings is 1. The van der Waals surface area contributed by atoms with Crippen molar-refractivity contribution in [2.75, 3.05) is 6.54 Å². The molecule has 2 amide bonds. The van der Waals surface area contributed by atoms with Gasteiger partial charge in [-0.15, -0.1) is 0 Å². The molecule has 7 heteroatoms. The third-order valence-corrected chi connectivity index (χ3v) is 6.00. The van der Waals surface area contributed by atoms with Gasteiger partial charge in [-0.25, -0.2) is 4.98 Å². The smallest absolute Gasteiger partial charge is 0.252 e. The van der Waals surface area contributed by atoms with Crippen molar-refractivity contribution in [2.24, 2.45) is 0 Å². The first-order valence-electron chi connectivity index (χ1n) is 11.4. The molecule has 0 saturated carbocycles. The molecule has 32 heavy (non-hydrogen) atoms. The summed E-state index contributed by atoms with van der Waals surface area (Å²) >= 11 is 0. The maximum absolute atomic E-state index is 13.4. The second kappa shape index (κ2) is 10.9. The summed E-state index contributed by atoms with van der Waals surface area (Å²) in [5.74, 6) is 0.716. The molecule has 2 heterocycles. The Morgan fingerprint density at radius 2 is 1.78 bits per heavy atom. The molecule has 0 aliphatic heterocycles. The standard InChI is InChI=1S/C25H33N5O2/c1-5-18(3)30(19(4)6-2)24(31)17-29-22-12-8-7-11-21(22)28-23(29)13-15-27-25(32)20-10-9-14-26-16-20/h7-12,14,16,18-19H,5-6,13,15,17H2,1-4H3,(H,27,32). The lowest BCUT2D eigenvalue weighted by Gasteiger charge is -2.34. The predicted molar refractivity (Wildman–Crippen MR) is 126 cm³/mol. The first-order valence-corrected chi connectivity index (χ1v) is 11.4. The minimum Gasteiger partial charge on any atom is -0.352 e. The van der Waals surface area contributed by atoms with Crippen LogP contribution in [0.2, 0.25) is 0 Å². The topological polar surface area (TPSA) is 80.1 Å². The monoisotopic (exact) mass is 435 g/mol. The normalized spacial score (nSPS) is 13.0.